The van der Waals surface area contributed by atoms with Gasteiger partial charge >= 0.3 is 5.97 Å². The fourth-order valence-corrected chi connectivity index (χ4v) is 1.82. The summed E-state index contributed by atoms with van der Waals surface area (Å²) in [6.45, 7) is 3.91. The first-order chi connectivity index (χ1) is 8.43. The molecule has 1 atom stereocenters. The lowest BCUT2D eigenvalue weighted by Gasteiger charge is -2.18. The zero-order valence-corrected chi connectivity index (χ0v) is 11.0. The molecule has 1 aromatic rings. The second-order valence-electron chi connectivity index (χ2n) is 4.47. The summed E-state index contributed by atoms with van der Waals surface area (Å²) in [6.07, 6.45) is 0.506. The van der Waals surface area contributed by atoms with E-state index in [-0.39, 0.29) is 5.92 Å². The summed E-state index contributed by atoms with van der Waals surface area (Å²) >= 11 is 5.99. The van der Waals surface area contributed by atoms with Crippen molar-refractivity contribution in [3.63, 3.8) is 0 Å². The van der Waals surface area contributed by atoms with E-state index in [0.29, 0.717) is 22.7 Å². The Morgan fingerprint density at radius 2 is 2.22 bits per heavy atom. The van der Waals surface area contributed by atoms with Crippen LogP contribution in [0.15, 0.2) is 18.2 Å². The Bertz CT molecular complexity index is 480. The summed E-state index contributed by atoms with van der Waals surface area (Å²) in [7, 11) is 0. The fraction of sp³-hybridized carbons (Fsp3) is 0.385. The molecular weight excluding hydrogens is 252 g/mol. The van der Waals surface area contributed by atoms with Crippen molar-refractivity contribution in [3.8, 4) is 6.07 Å². The molecule has 0 aliphatic carbocycles. The van der Waals surface area contributed by atoms with Gasteiger partial charge in [0.25, 0.3) is 0 Å². The van der Waals surface area contributed by atoms with Crippen LogP contribution < -0.4 is 5.32 Å². The van der Waals surface area contributed by atoms with E-state index in [0.717, 1.165) is 0 Å². The van der Waals surface area contributed by atoms with E-state index in [1.807, 2.05) is 19.9 Å². The Labute approximate surface area is 111 Å². The van der Waals surface area contributed by atoms with Gasteiger partial charge in [-0.2, -0.15) is 5.26 Å². The van der Waals surface area contributed by atoms with Crippen LogP contribution in [-0.2, 0) is 4.79 Å². The summed E-state index contributed by atoms with van der Waals surface area (Å²) in [6, 6.07) is 6.02. The lowest BCUT2D eigenvalue weighted by molar-refractivity contribution is -0.138. The Morgan fingerprint density at radius 3 is 2.67 bits per heavy atom. The van der Waals surface area contributed by atoms with Crippen molar-refractivity contribution >= 4 is 23.3 Å². The number of carboxylic acid groups (broad SMARTS) is 1. The number of hydrogen-bond acceptors (Lipinski definition) is 3. The van der Waals surface area contributed by atoms with Crippen molar-refractivity contribution in [2.24, 2.45) is 5.92 Å². The van der Waals surface area contributed by atoms with Gasteiger partial charge in [0.1, 0.15) is 6.04 Å². The van der Waals surface area contributed by atoms with Gasteiger partial charge in [-0.3, -0.25) is 0 Å². The van der Waals surface area contributed by atoms with Crippen molar-refractivity contribution in [1.29, 1.82) is 5.26 Å². The Hall–Kier alpha value is -1.73. The van der Waals surface area contributed by atoms with E-state index in [2.05, 4.69) is 5.32 Å². The number of nitrogens with zero attached hydrogens (tertiary/aromatic N) is 1. The van der Waals surface area contributed by atoms with Crippen LogP contribution in [-0.4, -0.2) is 17.1 Å². The normalized spacial score (nSPS) is 11.9. The molecule has 0 aliphatic heterocycles. The SMILES string of the molecule is CC(C)CC(Nc1ccc(C#N)cc1Cl)C(=O)O. The molecule has 0 bridgehead atoms. The molecule has 0 saturated carbocycles. The minimum absolute atomic E-state index is 0.260. The van der Waals surface area contributed by atoms with Gasteiger partial charge in [0, 0.05) is 0 Å². The predicted molar refractivity (Wildman–Crippen MR) is 70.7 cm³/mol. The van der Waals surface area contributed by atoms with Crippen molar-refractivity contribution in [3.05, 3.63) is 28.8 Å². The molecule has 1 aromatic carbocycles. The first kappa shape index (κ1) is 14.3. The van der Waals surface area contributed by atoms with Gasteiger partial charge in [-0.1, -0.05) is 25.4 Å². The number of aliphatic carboxylic acids is 1. The maximum Gasteiger partial charge on any atom is 0.326 e. The zero-order chi connectivity index (χ0) is 13.7. The van der Waals surface area contributed by atoms with Gasteiger partial charge in [0.05, 0.1) is 22.3 Å². The number of rotatable bonds is 5. The second kappa shape index (κ2) is 6.27. The van der Waals surface area contributed by atoms with Crippen molar-refractivity contribution in [2.45, 2.75) is 26.3 Å². The van der Waals surface area contributed by atoms with E-state index in [1.54, 1.807) is 12.1 Å². The smallest absolute Gasteiger partial charge is 0.326 e. The third-order valence-electron chi connectivity index (χ3n) is 2.43. The van der Waals surface area contributed by atoms with Crippen LogP contribution in [0.2, 0.25) is 5.02 Å². The molecular formula is C13H15ClN2O2. The van der Waals surface area contributed by atoms with Crippen molar-refractivity contribution in [2.75, 3.05) is 5.32 Å². The van der Waals surface area contributed by atoms with Gasteiger partial charge in [-0.15, -0.1) is 0 Å². The minimum Gasteiger partial charge on any atom is -0.480 e. The molecule has 0 spiro atoms. The monoisotopic (exact) mass is 266 g/mol. The Balaban J connectivity index is 2.88. The highest BCUT2D eigenvalue weighted by Crippen LogP contribution is 2.24. The molecule has 0 saturated heterocycles. The van der Waals surface area contributed by atoms with Gasteiger partial charge in [0.15, 0.2) is 0 Å². The Kier molecular flexibility index (Phi) is 4.99. The Morgan fingerprint density at radius 1 is 1.56 bits per heavy atom. The van der Waals surface area contributed by atoms with Crippen molar-refractivity contribution in [1.82, 2.24) is 0 Å². The van der Waals surface area contributed by atoms with Crippen LogP contribution in [0.4, 0.5) is 5.69 Å². The lowest BCUT2D eigenvalue weighted by Crippen LogP contribution is -2.30. The molecule has 5 heteroatoms. The highest BCUT2D eigenvalue weighted by molar-refractivity contribution is 6.33. The van der Waals surface area contributed by atoms with E-state index in [9.17, 15) is 4.79 Å². The molecule has 0 aromatic heterocycles. The summed E-state index contributed by atoms with van der Waals surface area (Å²) in [5.41, 5.74) is 0.977. The van der Waals surface area contributed by atoms with Gasteiger partial charge in [-0.25, -0.2) is 4.79 Å². The van der Waals surface area contributed by atoms with E-state index < -0.39 is 12.0 Å². The number of carboxylic acids is 1. The largest absolute Gasteiger partial charge is 0.480 e. The van der Waals surface area contributed by atoms with E-state index in [1.165, 1.54) is 6.07 Å². The van der Waals surface area contributed by atoms with Crippen LogP contribution in [0, 0.1) is 17.2 Å². The average Bonchev–Trinajstić information content (AvgIpc) is 2.29. The number of nitrogens with one attached hydrogen (secondary N) is 1. The number of anilines is 1. The number of benzene rings is 1. The zero-order valence-electron chi connectivity index (χ0n) is 10.3. The number of carbonyl (C=O) groups is 1. The fourth-order valence-electron chi connectivity index (χ4n) is 1.58. The molecule has 0 radical (unpaired) electrons. The van der Waals surface area contributed by atoms with Crippen LogP contribution in [0.3, 0.4) is 0 Å². The summed E-state index contributed by atoms with van der Waals surface area (Å²) < 4.78 is 0. The van der Waals surface area contributed by atoms with Crippen LogP contribution in [0.1, 0.15) is 25.8 Å². The van der Waals surface area contributed by atoms with E-state index in [4.69, 9.17) is 22.0 Å². The third kappa shape index (κ3) is 3.94. The second-order valence-corrected chi connectivity index (χ2v) is 4.88. The topological polar surface area (TPSA) is 73.1 Å². The quantitative estimate of drug-likeness (QED) is 0.859. The molecule has 2 N–H and O–H groups in total. The van der Waals surface area contributed by atoms with Gasteiger partial charge in [-0.05, 0) is 30.5 Å². The highest BCUT2D eigenvalue weighted by atomic mass is 35.5. The van der Waals surface area contributed by atoms with Crippen LogP contribution >= 0.6 is 11.6 Å². The summed E-state index contributed by atoms with van der Waals surface area (Å²) in [4.78, 5) is 11.1. The number of hydrogen-bond donors (Lipinski definition) is 2. The maximum absolute atomic E-state index is 11.1. The highest BCUT2D eigenvalue weighted by Gasteiger charge is 2.19. The van der Waals surface area contributed by atoms with E-state index >= 15 is 0 Å². The standard InChI is InChI=1S/C13H15ClN2O2/c1-8(2)5-12(13(17)18)16-11-4-3-9(7-15)6-10(11)14/h3-4,6,8,12,16H,5H2,1-2H3,(H,17,18). The summed E-state index contributed by atoms with van der Waals surface area (Å²) in [5, 5.41) is 21.1. The molecule has 0 aliphatic rings. The van der Waals surface area contributed by atoms with Gasteiger partial charge < -0.3 is 10.4 Å². The average molecular weight is 267 g/mol. The molecule has 0 heterocycles. The molecule has 18 heavy (non-hydrogen) atoms. The van der Waals surface area contributed by atoms with Crippen LogP contribution in [0.5, 0.6) is 0 Å². The van der Waals surface area contributed by atoms with Gasteiger partial charge in [0.2, 0.25) is 0 Å². The number of nitriles is 1. The molecule has 4 nitrogen and oxygen atoms in total. The molecule has 1 rings (SSSR count). The molecule has 1 unspecified atom stereocenters. The first-order valence-corrected chi connectivity index (χ1v) is 6.00. The third-order valence-corrected chi connectivity index (χ3v) is 2.75. The molecule has 0 amide bonds. The number of halogens is 1. The molecule has 0 fully saturated rings. The first-order valence-electron chi connectivity index (χ1n) is 5.63. The minimum atomic E-state index is -0.913. The van der Waals surface area contributed by atoms with Crippen LogP contribution in [0.25, 0.3) is 0 Å². The lowest BCUT2D eigenvalue weighted by atomic mass is 10.0. The predicted octanol–water partition coefficient (Wildman–Crippen LogP) is 3.12. The maximum atomic E-state index is 11.1. The molecule has 96 valence electrons. The van der Waals surface area contributed by atoms with Crippen molar-refractivity contribution < 1.29 is 9.90 Å². The summed E-state index contributed by atoms with van der Waals surface area (Å²) in [5.74, 6) is -0.653.